The number of ether oxygens (including phenoxy) is 3. The SMILES string of the molecule is Cn1nc(C(F)(F)C(F)(F)F)c(C(F)(F)F)c1-n1cc(-c2ccc(Cl)c(C(=O)N(COC(=O)OCCC(CCC(=O)O)C(=O)OC(C)(C)C)C3(C#N)CC3)c2)cn1. The quantitative estimate of drug-likeness (QED) is 0.0970. The summed E-state index contributed by atoms with van der Waals surface area (Å²) in [6.45, 7) is 3.57. The number of carboxylic acids is 1. The number of alkyl halides is 8. The summed E-state index contributed by atoms with van der Waals surface area (Å²) >= 11 is 6.33. The van der Waals surface area contributed by atoms with Crippen molar-refractivity contribution in [1.29, 1.82) is 5.26 Å². The summed E-state index contributed by atoms with van der Waals surface area (Å²) in [6, 6.07) is 5.58. The van der Waals surface area contributed by atoms with E-state index in [4.69, 9.17) is 30.9 Å². The Morgan fingerprint density at radius 1 is 1.04 bits per heavy atom. The number of carboxylic acid groups (broad SMARTS) is 1. The molecule has 57 heavy (non-hydrogen) atoms. The van der Waals surface area contributed by atoms with Crippen molar-refractivity contribution in [2.75, 3.05) is 13.3 Å². The van der Waals surface area contributed by atoms with Gasteiger partial charge in [-0.2, -0.15) is 50.6 Å². The number of benzene rings is 1. The van der Waals surface area contributed by atoms with Gasteiger partial charge in [0.15, 0.2) is 18.2 Å². The molecule has 1 fully saturated rings. The minimum absolute atomic E-state index is 0.0371. The molecule has 4 rings (SSSR count). The van der Waals surface area contributed by atoms with Gasteiger partial charge in [-0.05, 0) is 64.2 Å². The molecule has 2 heterocycles. The van der Waals surface area contributed by atoms with Gasteiger partial charge in [-0.15, -0.1) is 0 Å². The summed E-state index contributed by atoms with van der Waals surface area (Å²) in [7, 11) is 0.708. The predicted molar refractivity (Wildman–Crippen MR) is 178 cm³/mol. The zero-order valence-electron chi connectivity index (χ0n) is 30.3. The van der Waals surface area contributed by atoms with E-state index in [1.807, 2.05) is 6.07 Å². The fraction of sp³-hybridized carbons (Fsp3) is 0.500. The first-order valence-corrected chi connectivity index (χ1v) is 17.0. The van der Waals surface area contributed by atoms with E-state index in [1.165, 1.54) is 12.1 Å². The van der Waals surface area contributed by atoms with E-state index in [9.17, 15) is 59.6 Å². The molecule has 1 amide bonds. The van der Waals surface area contributed by atoms with E-state index in [0.29, 0.717) is 11.7 Å². The first-order chi connectivity index (χ1) is 26.2. The van der Waals surface area contributed by atoms with E-state index >= 15 is 0 Å². The van der Waals surface area contributed by atoms with Crippen LogP contribution in [-0.2, 0) is 42.9 Å². The number of aromatic nitrogens is 4. The van der Waals surface area contributed by atoms with Crippen LogP contribution in [0.4, 0.5) is 39.9 Å². The number of aryl methyl sites for hydroxylation is 1. The van der Waals surface area contributed by atoms with Gasteiger partial charge in [-0.1, -0.05) is 17.7 Å². The molecule has 3 aromatic rings. The second-order valence-corrected chi connectivity index (χ2v) is 14.2. The van der Waals surface area contributed by atoms with Gasteiger partial charge in [-0.3, -0.25) is 19.3 Å². The molecule has 310 valence electrons. The van der Waals surface area contributed by atoms with Crippen molar-refractivity contribution in [3.8, 4) is 23.0 Å². The van der Waals surface area contributed by atoms with E-state index in [1.54, 1.807) is 20.8 Å². The molecule has 0 aliphatic heterocycles. The molecule has 1 unspecified atom stereocenters. The summed E-state index contributed by atoms with van der Waals surface area (Å²) in [4.78, 5) is 50.9. The zero-order chi connectivity index (χ0) is 42.9. The van der Waals surface area contributed by atoms with Gasteiger partial charge in [0.1, 0.15) is 16.7 Å². The van der Waals surface area contributed by atoms with E-state index < -0.39 is 89.7 Å². The summed E-state index contributed by atoms with van der Waals surface area (Å²) < 4.78 is 126. The Hall–Kier alpha value is -5.46. The maximum absolute atomic E-state index is 14.2. The number of hydrogen-bond acceptors (Lipinski definition) is 10. The minimum atomic E-state index is -6.42. The number of esters is 1. The normalized spacial score (nSPS) is 14.7. The Labute approximate surface area is 322 Å². The lowest BCUT2D eigenvalue weighted by Gasteiger charge is -2.27. The monoisotopic (exact) mass is 840 g/mol. The average molecular weight is 841 g/mol. The number of nitrogens with zero attached hydrogens (tertiary/aromatic N) is 6. The largest absolute Gasteiger partial charge is 0.510 e. The number of hydrogen-bond donors (Lipinski definition) is 1. The number of nitriles is 1. The van der Waals surface area contributed by atoms with Crippen molar-refractivity contribution in [3.63, 3.8) is 0 Å². The van der Waals surface area contributed by atoms with Crippen LogP contribution in [-0.4, -0.2) is 84.2 Å². The van der Waals surface area contributed by atoms with Crippen molar-refractivity contribution in [3.05, 3.63) is 52.4 Å². The third-order valence-electron chi connectivity index (χ3n) is 8.42. The highest BCUT2D eigenvalue weighted by Gasteiger charge is 2.64. The standard InChI is InChI=1S/C34H33ClF8N6O8/c1-30(2,3)57-28(53)18(6-8-23(50)51)9-12-55-29(54)56-17-48(31(16-44)10-11-31)27(52)21-13-19(5-7-22(21)35)20-14-45-49(15-20)26-24(33(38,39)40)25(46-47(26)4)32(36,37)34(41,42)43/h5,7,13-15,18H,6,8-12,17H2,1-4H3,(H,50,51). The molecule has 1 N–H and O–H groups in total. The molecule has 0 bridgehead atoms. The van der Waals surface area contributed by atoms with Crippen LogP contribution in [0.1, 0.15) is 74.5 Å². The van der Waals surface area contributed by atoms with Crippen LogP contribution in [0.2, 0.25) is 5.02 Å². The van der Waals surface area contributed by atoms with Gasteiger partial charge < -0.3 is 19.3 Å². The second kappa shape index (κ2) is 16.2. The van der Waals surface area contributed by atoms with Crippen molar-refractivity contribution >= 4 is 35.6 Å². The van der Waals surface area contributed by atoms with Crippen LogP contribution < -0.4 is 0 Å². The van der Waals surface area contributed by atoms with Crippen LogP contribution in [0.3, 0.4) is 0 Å². The maximum Gasteiger partial charge on any atom is 0.510 e. The van der Waals surface area contributed by atoms with E-state index in [-0.39, 0.29) is 58.5 Å². The highest BCUT2D eigenvalue weighted by Crippen LogP contribution is 2.49. The fourth-order valence-corrected chi connectivity index (χ4v) is 5.64. The molecule has 1 atom stereocenters. The first-order valence-electron chi connectivity index (χ1n) is 16.6. The first kappa shape index (κ1) is 44.3. The Balaban J connectivity index is 1.55. The summed E-state index contributed by atoms with van der Waals surface area (Å²) in [5.74, 6) is -11.0. The van der Waals surface area contributed by atoms with E-state index in [0.717, 1.165) is 23.4 Å². The van der Waals surface area contributed by atoms with Crippen molar-refractivity contribution in [2.45, 2.75) is 82.3 Å². The van der Waals surface area contributed by atoms with Crippen LogP contribution >= 0.6 is 11.6 Å². The highest BCUT2D eigenvalue weighted by atomic mass is 35.5. The Morgan fingerprint density at radius 3 is 2.23 bits per heavy atom. The van der Waals surface area contributed by atoms with Gasteiger partial charge in [0.05, 0.1) is 35.4 Å². The zero-order valence-corrected chi connectivity index (χ0v) is 31.1. The summed E-state index contributed by atoms with van der Waals surface area (Å²) in [6.07, 6.45) is -12.0. The van der Waals surface area contributed by atoms with Crippen LogP contribution in [0.5, 0.6) is 0 Å². The van der Waals surface area contributed by atoms with Gasteiger partial charge in [0.2, 0.25) is 0 Å². The number of aliphatic carboxylic acids is 1. The van der Waals surface area contributed by atoms with Crippen LogP contribution in [0, 0.1) is 17.2 Å². The molecule has 1 aliphatic carbocycles. The smallest absolute Gasteiger partial charge is 0.481 e. The highest BCUT2D eigenvalue weighted by molar-refractivity contribution is 6.34. The second-order valence-electron chi connectivity index (χ2n) is 13.8. The van der Waals surface area contributed by atoms with Gasteiger partial charge >= 0.3 is 36.4 Å². The molecule has 1 aliphatic rings. The third-order valence-corrected chi connectivity index (χ3v) is 8.75. The number of carbonyl (C=O) groups excluding carboxylic acids is 3. The topological polar surface area (TPSA) is 179 Å². The Kier molecular flexibility index (Phi) is 12.6. The molecule has 0 spiro atoms. The summed E-state index contributed by atoms with van der Waals surface area (Å²) in [5.41, 5.74) is -7.65. The van der Waals surface area contributed by atoms with Crippen LogP contribution in [0.25, 0.3) is 16.9 Å². The molecule has 1 saturated carbocycles. The Bertz CT molecular complexity index is 2060. The minimum Gasteiger partial charge on any atom is -0.481 e. The molecule has 2 aromatic heterocycles. The van der Waals surface area contributed by atoms with E-state index in [2.05, 4.69) is 10.2 Å². The Morgan fingerprint density at radius 2 is 1.68 bits per heavy atom. The number of carbonyl (C=O) groups is 4. The molecule has 1 aromatic carbocycles. The lowest BCUT2D eigenvalue weighted by atomic mass is 9.99. The fourth-order valence-electron chi connectivity index (χ4n) is 5.44. The van der Waals surface area contributed by atoms with Gasteiger partial charge in [0, 0.05) is 25.2 Å². The molecule has 14 nitrogen and oxygen atoms in total. The molecular weight excluding hydrogens is 808 g/mol. The summed E-state index contributed by atoms with van der Waals surface area (Å²) in [5, 5.41) is 25.3. The van der Waals surface area contributed by atoms with Crippen LogP contribution in [0.15, 0.2) is 30.6 Å². The van der Waals surface area contributed by atoms with Gasteiger partial charge in [0.25, 0.3) is 5.91 Å². The van der Waals surface area contributed by atoms with Crippen molar-refractivity contribution in [2.24, 2.45) is 13.0 Å². The van der Waals surface area contributed by atoms with Gasteiger partial charge in [-0.25, -0.2) is 14.2 Å². The van der Waals surface area contributed by atoms with Crippen molar-refractivity contribution in [1.82, 2.24) is 24.5 Å². The predicted octanol–water partition coefficient (Wildman–Crippen LogP) is 7.42. The average Bonchev–Trinajstić information content (AvgIpc) is 3.55. The third kappa shape index (κ3) is 10.1. The molecule has 0 radical (unpaired) electrons. The number of amides is 1. The molecule has 23 heteroatoms. The lowest BCUT2D eigenvalue weighted by molar-refractivity contribution is -0.292. The molecular formula is C34H33ClF8N6O8. The number of halogens is 9. The molecule has 0 saturated heterocycles. The maximum atomic E-state index is 14.2. The van der Waals surface area contributed by atoms with Crippen molar-refractivity contribution < 1.29 is 73.6 Å². The lowest BCUT2D eigenvalue weighted by Crippen LogP contribution is -2.43. The number of rotatable bonds is 14.